The van der Waals surface area contributed by atoms with E-state index in [4.69, 9.17) is 4.42 Å². The molecule has 2 nitrogen and oxygen atoms in total. The van der Waals surface area contributed by atoms with Gasteiger partial charge in [-0.15, -0.1) is 0 Å². The number of hydrogen-bond acceptors (Lipinski definition) is 2. The van der Waals surface area contributed by atoms with E-state index in [1.165, 1.54) is 5.56 Å². The molecule has 0 spiro atoms. The predicted molar refractivity (Wildman–Crippen MR) is 58.6 cm³/mol. The first kappa shape index (κ1) is 9.99. The van der Waals surface area contributed by atoms with Crippen molar-refractivity contribution >= 4 is 0 Å². The van der Waals surface area contributed by atoms with Crippen LogP contribution in [0.3, 0.4) is 0 Å². The van der Waals surface area contributed by atoms with Crippen molar-refractivity contribution in [3.05, 3.63) is 59.5 Å². The molecule has 1 aromatic carbocycles. The molecule has 1 heterocycles. The molecule has 1 aromatic heterocycles. The largest absolute Gasteiger partial charge is 0.466 e. The molecule has 0 unspecified atom stereocenters. The van der Waals surface area contributed by atoms with E-state index in [1.54, 1.807) is 25.3 Å². The first-order valence-electron chi connectivity index (χ1n) is 4.94. The fourth-order valence-electron chi connectivity index (χ4n) is 1.58. The van der Waals surface area contributed by atoms with Crippen LogP contribution >= 0.6 is 0 Å². The summed E-state index contributed by atoms with van der Waals surface area (Å²) in [7, 11) is 0. The molecule has 0 saturated heterocycles. The Morgan fingerprint density at radius 1 is 1.13 bits per heavy atom. The quantitative estimate of drug-likeness (QED) is 0.812. The summed E-state index contributed by atoms with van der Waals surface area (Å²) >= 11 is 0. The highest BCUT2D eigenvalue weighted by atomic mass is 16.4. The molecule has 0 saturated carbocycles. The Kier molecular flexibility index (Phi) is 2.37. The van der Waals surface area contributed by atoms with Crippen molar-refractivity contribution in [1.29, 1.82) is 0 Å². The number of hydrogen-bond donors (Lipinski definition) is 1. The van der Waals surface area contributed by atoms with Crippen LogP contribution in [0.1, 0.15) is 23.8 Å². The third-order valence-electron chi connectivity index (χ3n) is 2.61. The molecule has 2 aromatic rings. The SMILES string of the molecule is Cc1ccc([C@](C)(O)c2ccco2)cc1. The van der Waals surface area contributed by atoms with E-state index in [0.717, 1.165) is 5.56 Å². The van der Waals surface area contributed by atoms with Gasteiger partial charge >= 0.3 is 0 Å². The molecular weight excluding hydrogens is 188 g/mol. The third-order valence-corrected chi connectivity index (χ3v) is 2.61. The maximum atomic E-state index is 10.3. The molecule has 0 amide bonds. The highest BCUT2D eigenvalue weighted by Gasteiger charge is 2.28. The van der Waals surface area contributed by atoms with Crippen LogP contribution in [-0.2, 0) is 5.60 Å². The fourth-order valence-corrected chi connectivity index (χ4v) is 1.58. The van der Waals surface area contributed by atoms with E-state index < -0.39 is 5.60 Å². The van der Waals surface area contributed by atoms with Crippen molar-refractivity contribution in [2.24, 2.45) is 0 Å². The van der Waals surface area contributed by atoms with Crippen molar-refractivity contribution in [2.75, 3.05) is 0 Å². The standard InChI is InChI=1S/C13H14O2/c1-10-5-7-11(8-6-10)13(2,14)12-4-3-9-15-12/h3-9,14H,1-2H3/t13-/m0/s1. The van der Waals surface area contributed by atoms with Gasteiger partial charge in [0.15, 0.2) is 0 Å². The highest BCUT2D eigenvalue weighted by Crippen LogP contribution is 2.29. The molecule has 15 heavy (non-hydrogen) atoms. The molecule has 0 radical (unpaired) electrons. The maximum absolute atomic E-state index is 10.3. The van der Waals surface area contributed by atoms with Gasteiger partial charge in [0, 0.05) is 0 Å². The van der Waals surface area contributed by atoms with E-state index in [-0.39, 0.29) is 0 Å². The first-order valence-corrected chi connectivity index (χ1v) is 4.94. The van der Waals surface area contributed by atoms with Crippen molar-refractivity contribution in [3.63, 3.8) is 0 Å². The minimum atomic E-state index is -1.06. The zero-order valence-corrected chi connectivity index (χ0v) is 8.90. The van der Waals surface area contributed by atoms with Gasteiger partial charge in [0.25, 0.3) is 0 Å². The summed E-state index contributed by atoms with van der Waals surface area (Å²) in [5, 5.41) is 10.3. The molecule has 78 valence electrons. The van der Waals surface area contributed by atoms with Crippen LogP contribution in [0.15, 0.2) is 47.1 Å². The summed E-state index contributed by atoms with van der Waals surface area (Å²) in [6, 6.07) is 11.3. The Morgan fingerprint density at radius 2 is 1.80 bits per heavy atom. The van der Waals surface area contributed by atoms with Gasteiger partial charge in [-0.1, -0.05) is 29.8 Å². The lowest BCUT2D eigenvalue weighted by molar-refractivity contribution is 0.0767. The molecule has 2 rings (SSSR count). The Hall–Kier alpha value is -1.54. The minimum Gasteiger partial charge on any atom is -0.466 e. The molecule has 1 atom stereocenters. The second-order valence-electron chi connectivity index (χ2n) is 3.92. The lowest BCUT2D eigenvalue weighted by Gasteiger charge is -2.21. The van der Waals surface area contributed by atoms with E-state index in [9.17, 15) is 5.11 Å². The lowest BCUT2D eigenvalue weighted by atomic mass is 9.93. The molecule has 0 aliphatic rings. The summed E-state index contributed by atoms with van der Waals surface area (Å²) in [4.78, 5) is 0. The van der Waals surface area contributed by atoms with E-state index in [1.807, 2.05) is 31.2 Å². The van der Waals surface area contributed by atoms with Crippen LogP contribution in [-0.4, -0.2) is 5.11 Å². The van der Waals surface area contributed by atoms with Crippen LogP contribution in [0.2, 0.25) is 0 Å². The zero-order chi connectivity index (χ0) is 10.9. The van der Waals surface area contributed by atoms with Gasteiger partial charge < -0.3 is 9.52 Å². The monoisotopic (exact) mass is 202 g/mol. The van der Waals surface area contributed by atoms with Gasteiger partial charge in [0.05, 0.1) is 6.26 Å². The molecule has 0 fully saturated rings. The van der Waals surface area contributed by atoms with Gasteiger partial charge in [-0.2, -0.15) is 0 Å². The average molecular weight is 202 g/mol. The molecule has 0 bridgehead atoms. The molecular formula is C13H14O2. The van der Waals surface area contributed by atoms with Crippen LogP contribution in [0.4, 0.5) is 0 Å². The Balaban J connectivity index is 2.41. The summed E-state index contributed by atoms with van der Waals surface area (Å²) in [5.41, 5.74) is 0.953. The Labute approximate surface area is 89.2 Å². The predicted octanol–water partition coefficient (Wildman–Crippen LogP) is 2.84. The second-order valence-corrected chi connectivity index (χ2v) is 3.92. The van der Waals surface area contributed by atoms with Crippen LogP contribution in [0, 0.1) is 6.92 Å². The van der Waals surface area contributed by atoms with Gasteiger partial charge in [-0.05, 0) is 31.5 Å². The van der Waals surface area contributed by atoms with Crippen molar-refractivity contribution in [1.82, 2.24) is 0 Å². The number of benzene rings is 1. The number of aryl methyl sites for hydroxylation is 1. The Bertz CT molecular complexity index is 424. The van der Waals surface area contributed by atoms with Crippen LogP contribution < -0.4 is 0 Å². The highest BCUT2D eigenvalue weighted by molar-refractivity contribution is 5.31. The van der Waals surface area contributed by atoms with Gasteiger partial charge in [-0.25, -0.2) is 0 Å². The van der Waals surface area contributed by atoms with E-state index >= 15 is 0 Å². The lowest BCUT2D eigenvalue weighted by Crippen LogP contribution is -2.21. The van der Waals surface area contributed by atoms with Crippen LogP contribution in [0.25, 0.3) is 0 Å². The van der Waals surface area contributed by atoms with Gasteiger partial charge in [0.1, 0.15) is 11.4 Å². The molecule has 2 heteroatoms. The number of aliphatic hydroxyl groups is 1. The molecule has 0 aliphatic heterocycles. The number of rotatable bonds is 2. The average Bonchev–Trinajstić information content (AvgIpc) is 2.71. The molecule has 1 N–H and O–H groups in total. The zero-order valence-electron chi connectivity index (χ0n) is 8.90. The van der Waals surface area contributed by atoms with Gasteiger partial charge in [0.2, 0.25) is 0 Å². The summed E-state index contributed by atoms with van der Waals surface area (Å²) in [5.74, 6) is 0.561. The Morgan fingerprint density at radius 3 is 2.33 bits per heavy atom. The summed E-state index contributed by atoms with van der Waals surface area (Å²) in [6.07, 6.45) is 1.57. The third kappa shape index (κ3) is 1.81. The van der Waals surface area contributed by atoms with Gasteiger partial charge in [-0.3, -0.25) is 0 Å². The summed E-state index contributed by atoms with van der Waals surface area (Å²) in [6.45, 7) is 3.75. The minimum absolute atomic E-state index is 0.561. The molecule has 0 aliphatic carbocycles. The van der Waals surface area contributed by atoms with Crippen molar-refractivity contribution < 1.29 is 9.52 Å². The fraction of sp³-hybridized carbons (Fsp3) is 0.231. The van der Waals surface area contributed by atoms with E-state index in [2.05, 4.69) is 0 Å². The number of furan rings is 1. The van der Waals surface area contributed by atoms with Crippen molar-refractivity contribution in [2.45, 2.75) is 19.4 Å². The summed E-state index contributed by atoms with van der Waals surface area (Å²) < 4.78 is 5.23. The second kappa shape index (κ2) is 3.55. The van der Waals surface area contributed by atoms with Crippen molar-refractivity contribution in [3.8, 4) is 0 Å². The maximum Gasteiger partial charge on any atom is 0.144 e. The first-order chi connectivity index (χ1) is 7.10. The normalized spacial score (nSPS) is 14.9. The van der Waals surface area contributed by atoms with E-state index in [0.29, 0.717) is 5.76 Å². The van der Waals surface area contributed by atoms with Crippen LogP contribution in [0.5, 0.6) is 0 Å². The smallest absolute Gasteiger partial charge is 0.144 e. The topological polar surface area (TPSA) is 33.4 Å².